The molecule has 0 bridgehead atoms. The fourth-order valence-electron chi connectivity index (χ4n) is 3.17. The number of carbonyl (C=O) groups is 3. The molecular weight excluding hydrogens is 352 g/mol. The number of likely N-dealkylation sites (tertiary alicyclic amines) is 1. The summed E-state index contributed by atoms with van der Waals surface area (Å²) < 4.78 is 0. The molecule has 9 nitrogen and oxygen atoms in total. The number of rotatable bonds is 4. The number of imide groups is 1. The van der Waals surface area contributed by atoms with E-state index in [1.807, 2.05) is 0 Å². The Kier molecular flexibility index (Phi) is 5.49. The molecule has 2 aliphatic rings. The Bertz CT molecular complexity index is 812. The minimum atomic E-state index is -0.667. The molecule has 0 aromatic heterocycles. The molecule has 0 aliphatic carbocycles. The third kappa shape index (κ3) is 4.30. The summed E-state index contributed by atoms with van der Waals surface area (Å²) in [5.41, 5.74) is 0.284. The van der Waals surface area contributed by atoms with Gasteiger partial charge in [0.1, 0.15) is 12.2 Å². The van der Waals surface area contributed by atoms with E-state index in [9.17, 15) is 24.5 Å². The van der Waals surface area contributed by atoms with E-state index in [-0.39, 0.29) is 23.8 Å². The Morgan fingerprint density at radius 3 is 2.56 bits per heavy atom. The van der Waals surface area contributed by atoms with Crippen molar-refractivity contribution in [1.29, 1.82) is 0 Å². The molecule has 142 valence electrons. The lowest BCUT2D eigenvalue weighted by molar-refractivity contribution is -0.384. The average Bonchev–Trinajstić information content (AvgIpc) is 2.86. The minimum Gasteiger partial charge on any atom is -0.341 e. The number of nitro groups is 1. The van der Waals surface area contributed by atoms with E-state index in [2.05, 4.69) is 5.32 Å². The van der Waals surface area contributed by atoms with E-state index in [0.29, 0.717) is 18.7 Å². The summed E-state index contributed by atoms with van der Waals surface area (Å²) in [6.07, 6.45) is 5.35. The van der Waals surface area contributed by atoms with Gasteiger partial charge in [-0.25, -0.2) is 9.69 Å². The number of nitrogens with zero attached hydrogens (tertiary/aromatic N) is 3. The van der Waals surface area contributed by atoms with Gasteiger partial charge in [-0.1, -0.05) is 25.0 Å². The maximum atomic E-state index is 12.5. The highest BCUT2D eigenvalue weighted by molar-refractivity contribution is 6.15. The van der Waals surface area contributed by atoms with E-state index >= 15 is 0 Å². The lowest BCUT2D eigenvalue weighted by Crippen LogP contribution is -2.43. The second-order valence-corrected chi connectivity index (χ2v) is 6.53. The van der Waals surface area contributed by atoms with Crippen LogP contribution in [0.1, 0.15) is 31.2 Å². The number of amides is 4. The second kappa shape index (κ2) is 7.98. The fourth-order valence-corrected chi connectivity index (χ4v) is 3.17. The van der Waals surface area contributed by atoms with Gasteiger partial charge in [-0.3, -0.25) is 19.7 Å². The molecule has 0 spiro atoms. The molecule has 1 aromatic carbocycles. The average molecular weight is 372 g/mol. The van der Waals surface area contributed by atoms with Crippen molar-refractivity contribution >= 4 is 29.6 Å². The summed E-state index contributed by atoms with van der Waals surface area (Å²) in [5, 5.41) is 13.3. The van der Waals surface area contributed by atoms with Crippen LogP contribution in [0.4, 0.5) is 10.5 Å². The molecule has 2 heterocycles. The molecule has 0 atom stereocenters. The Balaban J connectivity index is 1.72. The van der Waals surface area contributed by atoms with Crippen LogP contribution in [0.15, 0.2) is 30.0 Å². The molecule has 0 radical (unpaired) electrons. The monoisotopic (exact) mass is 372 g/mol. The highest BCUT2D eigenvalue weighted by Gasteiger charge is 2.35. The topological polar surface area (TPSA) is 113 Å². The second-order valence-electron chi connectivity index (χ2n) is 6.53. The molecule has 27 heavy (non-hydrogen) atoms. The minimum absolute atomic E-state index is 0.0100. The molecule has 2 fully saturated rings. The normalized spacial score (nSPS) is 19.2. The number of nitro benzene ring substituents is 1. The Labute approximate surface area is 155 Å². The first-order valence-corrected chi connectivity index (χ1v) is 8.82. The zero-order valence-corrected chi connectivity index (χ0v) is 14.7. The Hall–Kier alpha value is -3.23. The van der Waals surface area contributed by atoms with E-state index < -0.39 is 16.9 Å². The molecule has 1 N–H and O–H groups in total. The van der Waals surface area contributed by atoms with Crippen molar-refractivity contribution < 1.29 is 19.3 Å². The molecule has 0 saturated carbocycles. The van der Waals surface area contributed by atoms with Crippen molar-refractivity contribution in [3.63, 3.8) is 0 Å². The van der Waals surface area contributed by atoms with Crippen molar-refractivity contribution in [2.75, 3.05) is 19.6 Å². The summed E-state index contributed by atoms with van der Waals surface area (Å²) in [6.45, 7) is 0.967. The molecule has 2 aliphatic heterocycles. The number of non-ortho nitro benzene ring substituents is 1. The van der Waals surface area contributed by atoms with E-state index in [1.165, 1.54) is 24.3 Å². The molecule has 9 heteroatoms. The molecule has 0 unspecified atom stereocenters. The van der Waals surface area contributed by atoms with E-state index in [1.54, 1.807) is 11.0 Å². The number of benzene rings is 1. The number of nitrogens with one attached hydrogen (secondary N) is 1. The van der Waals surface area contributed by atoms with Gasteiger partial charge < -0.3 is 10.2 Å². The highest BCUT2D eigenvalue weighted by Crippen LogP contribution is 2.18. The van der Waals surface area contributed by atoms with Crippen LogP contribution in [-0.2, 0) is 9.59 Å². The van der Waals surface area contributed by atoms with Crippen molar-refractivity contribution in [2.45, 2.75) is 25.7 Å². The van der Waals surface area contributed by atoms with Gasteiger partial charge in [-0.15, -0.1) is 0 Å². The van der Waals surface area contributed by atoms with Crippen LogP contribution in [0.2, 0.25) is 0 Å². The molecule has 1 aromatic rings. The highest BCUT2D eigenvalue weighted by atomic mass is 16.6. The number of hydrogen-bond donors (Lipinski definition) is 1. The van der Waals surface area contributed by atoms with E-state index in [4.69, 9.17) is 0 Å². The maximum Gasteiger partial charge on any atom is 0.329 e. The van der Waals surface area contributed by atoms with Gasteiger partial charge in [0.15, 0.2) is 0 Å². The predicted octanol–water partition coefficient (Wildman–Crippen LogP) is 1.89. The predicted molar refractivity (Wildman–Crippen MR) is 96.4 cm³/mol. The quantitative estimate of drug-likeness (QED) is 0.375. The third-order valence-electron chi connectivity index (χ3n) is 4.61. The summed E-state index contributed by atoms with van der Waals surface area (Å²) in [6, 6.07) is 5.05. The third-order valence-corrected chi connectivity index (χ3v) is 4.61. The maximum absolute atomic E-state index is 12.5. The van der Waals surface area contributed by atoms with Crippen molar-refractivity contribution in [3.8, 4) is 0 Å². The first-order valence-electron chi connectivity index (χ1n) is 8.82. The summed E-state index contributed by atoms with van der Waals surface area (Å²) in [5.74, 6) is -0.869. The van der Waals surface area contributed by atoms with Gasteiger partial charge in [-0.2, -0.15) is 0 Å². The van der Waals surface area contributed by atoms with Crippen LogP contribution in [0.5, 0.6) is 0 Å². The summed E-state index contributed by atoms with van der Waals surface area (Å²) >= 11 is 0. The van der Waals surface area contributed by atoms with E-state index in [0.717, 1.165) is 30.6 Å². The van der Waals surface area contributed by atoms with Gasteiger partial charge in [0.2, 0.25) is 5.91 Å². The largest absolute Gasteiger partial charge is 0.341 e. The van der Waals surface area contributed by atoms with Crippen LogP contribution < -0.4 is 5.32 Å². The molecule has 3 rings (SSSR count). The van der Waals surface area contributed by atoms with Crippen LogP contribution in [-0.4, -0.2) is 52.2 Å². The first-order chi connectivity index (χ1) is 13.0. The van der Waals surface area contributed by atoms with Crippen molar-refractivity contribution in [1.82, 2.24) is 15.1 Å². The number of hydrogen-bond acceptors (Lipinski definition) is 5. The molecule has 2 saturated heterocycles. The van der Waals surface area contributed by atoms with Crippen LogP contribution in [0, 0.1) is 10.1 Å². The number of carbonyl (C=O) groups excluding carboxylic acids is 3. The molecular formula is C18H20N4O5. The summed E-state index contributed by atoms with van der Waals surface area (Å²) in [4.78, 5) is 49.9. The zero-order chi connectivity index (χ0) is 19.4. The standard InChI is InChI=1S/C18H20N4O5/c23-16(20-8-3-1-2-4-9-20)12-21-17(24)15(19-18(21)25)11-13-6-5-7-14(10-13)22(26)27/h5-7,10-11H,1-4,8-9,12H2,(H,19,25)/b15-11-. The van der Waals surface area contributed by atoms with Gasteiger partial charge in [0.25, 0.3) is 11.6 Å². The van der Waals surface area contributed by atoms with Gasteiger partial charge >= 0.3 is 6.03 Å². The summed E-state index contributed by atoms with van der Waals surface area (Å²) in [7, 11) is 0. The smallest absolute Gasteiger partial charge is 0.329 e. The lowest BCUT2D eigenvalue weighted by Gasteiger charge is -2.22. The molecule has 4 amide bonds. The SMILES string of the molecule is O=C(CN1C(=O)N/C(=C\c2cccc([N+](=O)[O-])c2)C1=O)N1CCCCCC1. The zero-order valence-electron chi connectivity index (χ0n) is 14.7. The Morgan fingerprint density at radius 2 is 1.89 bits per heavy atom. The van der Waals surface area contributed by atoms with Crippen molar-refractivity contribution in [2.24, 2.45) is 0 Å². The first kappa shape index (κ1) is 18.6. The van der Waals surface area contributed by atoms with Crippen LogP contribution in [0.3, 0.4) is 0 Å². The Morgan fingerprint density at radius 1 is 1.19 bits per heavy atom. The number of urea groups is 1. The van der Waals surface area contributed by atoms with Crippen LogP contribution in [0.25, 0.3) is 6.08 Å². The van der Waals surface area contributed by atoms with Gasteiger partial charge in [0.05, 0.1) is 4.92 Å². The van der Waals surface area contributed by atoms with Crippen molar-refractivity contribution in [3.05, 3.63) is 45.6 Å². The van der Waals surface area contributed by atoms with Crippen LogP contribution >= 0.6 is 0 Å². The van der Waals surface area contributed by atoms with Gasteiger partial charge in [-0.05, 0) is 24.5 Å². The van der Waals surface area contributed by atoms with Gasteiger partial charge in [0, 0.05) is 25.2 Å². The fraction of sp³-hybridized carbons (Fsp3) is 0.389. The lowest BCUT2D eigenvalue weighted by atomic mass is 10.1.